The molecule has 1 unspecified atom stereocenters. The highest BCUT2D eigenvalue weighted by molar-refractivity contribution is 7.92. The maximum absolute atomic E-state index is 12.5. The normalized spacial score (nSPS) is 19.3. The fourth-order valence-corrected chi connectivity index (χ4v) is 4.64. The number of nitrogens with zero attached hydrogens (tertiary/aromatic N) is 1. The van der Waals surface area contributed by atoms with Crippen molar-refractivity contribution in [2.75, 3.05) is 15.9 Å². The van der Waals surface area contributed by atoms with Gasteiger partial charge in [0.15, 0.2) is 0 Å². The summed E-state index contributed by atoms with van der Waals surface area (Å²) in [5.74, 6) is 0.694. The van der Waals surface area contributed by atoms with Gasteiger partial charge in [-0.25, -0.2) is 8.42 Å². The number of halogens is 1. The van der Waals surface area contributed by atoms with Gasteiger partial charge in [0.05, 0.1) is 11.4 Å². The number of hydrogen-bond donors (Lipinski definition) is 0. The SMILES string of the molecule is CC1CCc2ccccc2N1S(=O)(=O)CCCCCl. The summed E-state index contributed by atoms with van der Waals surface area (Å²) in [7, 11) is -3.24. The largest absolute Gasteiger partial charge is 0.267 e. The standard InChI is InChI=1S/C14H20ClNO2S/c1-12-8-9-13-6-2-3-7-14(13)16(12)19(17,18)11-5-4-10-15/h2-3,6-7,12H,4-5,8-11H2,1H3. The van der Waals surface area contributed by atoms with E-state index in [4.69, 9.17) is 11.6 Å². The zero-order valence-electron chi connectivity index (χ0n) is 11.2. The van der Waals surface area contributed by atoms with Gasteiger partial charge < -0.3 is 0 Å². The van der Waals surface area contributed by atoms with Crippen molar-refractivity contribution in [3.8, 4) is 0 Å². The molecule has 1 aliphatic heterocycles. The van der Waals surface area contributed by atoms with Crippen molar-refractivity contribution in [2.24, 2.45) is 0 Å². The highest BCUT2D eigenvalue weighted by Gasteiger charge is 2.31. The Balaban J connectivity index is 2.27. The van der Waals surface area contributed by atoms with Crippen LogP contribution in [0.25, 0.3) is 0 Å². The predicted molar refractivity (Wildman–Crippen MR) is 80.4 cm³/mol. The van der Waals surface area contributed by atoms with E-state index < -0.39 is 10.0 Å². The summed E-state index contributed by atoms with van der Waals surface area (Å²) in [4.78, 5) is 0. The topological polar surface area (TPSA) is 37.4 Å². The van der Waals surface area contributed by atoms with Crippen LogP contribution in [0, 0.1) is 0 Å². The van der Waals surface area contributed by atoms with Gasteiger partial charge in [0.1, 0.15) is 0 Å². The van der Waals surface area contributed by atoms with Crippen LogP contribution >= 0.6 is 11.6 Å². The molecule has 2 rings (SSSR count). The lowest BCUT2D eigenvalue weighted by Gasteiger charge is -2.36. The first-order valence-corrected chi connectivity index (χ1v) is 8.86. The molecular formula is C14H20ClNO2S. The van der Waals surface area contributed by atoms with E-state index in [1.54, 1.807) is 4.31 Å². The minimum atomic E-state index is -3.24. The fraction of sp³-hybridized carbons (Fsp3) is 0.571. The third-order valence-corrected chi connectivity index (χ3v) is 5.77. The van der Waals surface area contributed by atoms with Crippen molar-refractivity contribution in [2.45, 2.75) is 38.6 Å². The number of sulfonamides is 1. The highest BCUT2D eigenvalue weighted by Crippen LogP contribution is 2.33. The average molecular weight is 302 g/mol. The third kappa shape index (κ3) is 3.23. The quantitative estimate of drug-likeness (QED) is 0.619. The number of alkyl halides is 1. The Morgan fingerprint density at radius 2 is 2.05 bits per heavy atom. The molecule has 0 aliphatic carbocycles. The monoisotopic (exact) mass is 301 g/mol. The second-order valence-corrected chi connectivity index (χ2v) is 7.37. The van der Waals surface area contributed by atoms with Gasteiger partial charge in [-0.15, -0.1) is 11.6 Å². The Bertz CT molecular complexity index is 530. The number of fused-ring (bicyclic) bond motifs is 1. The van der Waals surface area contributed by atoms with E-state index in [1.165, 1.54) is 0 Å². The van der Waals surface area contributed by atoms with Gasteiger partial charge >= 0.3 is 0 Å². The summed E-state index contributed by atoms with van der Waals surface area (Å²) in [6, 6.07) is 7.83. The maximum atomic E-state index is 12.5. The molecule has 0 spiro atoms. The molecule has 0 radical (unpaired) electrons. The molecule has 0 aromatic heterocycles. The molecule has 1 aliphatic rings. The van der Waals surface area contributed by atoms with Crippen LogP contribution in [0.1, 0.15) is 31.7 Å². The first-order valence-electron chi connectivity index (χ1n) is 6.72. The van der Waals surface area contributed by atoms with Crippen LogP contribution < -0.4 is 4.31 Å². The van der Waals surface area contributed by atoms with Crippen LogP contribution in [-0.2, 0) is 16.4 Å². The number of anilines is 1. The van der Waals surface area contributed by atoms with Gasteiger partial charge in [-0.1, -0.05) is 18.2 Å². The molecule has 0 saturated carbocycles. The van der Waals surface area contributed by atoms with Gasteiger partial charge in [0.25, 0.3) is 0 Å². The Morgan fingerprint density at radius 3 is 2.79 bits per heavy atom. The molecule has 0 bridgehead atoms. The van der Waals surface area contributed by atoms with Crippen molar-refractivity contribution in [3.63, 3.8) is 0 Å². The van der Waals surface area contributed by atoms with E-state index in [1.807, 2.05) is 31.2 Å². The van der Waals surface area contributed by atoms with Crippen LogP contribution in [0.3, 0.4) is 0 Å². The van der Waals surface area contributed by atoms with Crippen LogP contribution in [-0.4, -0.2) is 26.1 Å². The molecular weight excluding hydrogens is 282 g/mol. The van der Waals surface area contributed by atoms with E-state index in [0.29, 0.717) is 12.3 Å². The molecule has 1 aromatic carbocycles. The minimum absolute atomic E-state index is 0.0379. The molecule has 0 fully saturated rings. The third-order valence-electron chi connectivity index (χ3n) is 3.55. The molecule has 1 atom stereocenters. The first kappa shape index (κ1) is 14.7. The first-order chi connectivity index (χ1) is 9.06. The molecule has 0 N–H and O–H groups in total. The lowest BCUT2D eigenvalue weighted by Crippen LogP contribution is -2.43. The predicted octanol–water partition coefficient (Wildman–Crippen LogP) is 3.18. The second kappa shape index (κ2) is 6.14. The van der Waals surface area contributed by atoms with E-state index in [0.717, 1.165) is 30.5 Å². The molecule has 1 aromatic rings. The number of aryl methyl sites for hydroxylation is 1. The summed E-state index contributed by atoms with van der Waals surface area (Å²) < 4.78 is 26.6. The molecule has 3 nitrogen and oxygen atoms in total. The Morgan fingerprint density at radius 1 is 1.32 bits per heavy atom. The second-order valence-electron chi connectivity index (χ2n) is 5.02. The number of rotatable bonds is 5. The van der Waals surface area contributed by atoms with E-state index in [2.05, 4.69) is 0 Å². The summed E-state index contributed by atoms with van der Waals surface area (Å²) in [5, 5.41) is 0. The van der Waals surface area contributed by atoms with Crippen molar-refractivity contribution in [1.29, 1.82) is 0 Å². The Kier molecular flexibility index (Phi) is 4.74. The molecule has 0 amide bonds. The van der Waals surface area contributed by atoms with Gasteiger partial charge in [-0.05, 0) is 44.2 Å². The van der Waals surface area contributed by atoms with E-state index >= 15 is 0 Å². The maximum Gasteiger partial charge on any atom is 0.235 e. The summed E-state index contributed by atoms with van der Waals surface area (Å²) in [6.07, 6.45) is 3.19. The van der Waals surface area contributed by atoms with Gasteiger partial charge in [0, 0.05) is 11.9 Å². The number of unbranched alkanes of at least 4 members (excludes halogenated alkanes) is 1. The molecule has 1 heterocycles. The minimum Gasteiger partial charge on any atom is -0.267 e. The Labute approximate surface area is 120 Å². The van der Waals surface area contributed by atoms with Gasteiger partial charge in [0.2, 0.25) is 10.0 Å². The van der Waals surface area contributed by atoms with Crippen LogP contribution in [0.2, 0.25) is 0 Å². The van der Waals surface area contributed by atoms with E-state index in [-0.39, 0.29) is 11.8 Å². The molecule has 106 valence electrons. The lowest BCUT2D eigenvalue weighted by molar-refractivity contribution is 0.560. The smallest absolute Gasteiger partial charge is 0.235 e. The average Bonchev–Trinajstić information content (AvgIpc) is 2.38. The zero-order valence-corrected chi connectivity index (χ0v) is 12.8. The molecule has 0 saturated heterocycles. The van der Waals surface area contributed by atoms with Crippen molar-refractivity contribution in [1.82, 2.24) is 0 Å². The van der Waals surface area contributed by atoms with Crippen molar-refractivity contribution in [3.05, 3.63) is 29.8 Å². The Hall–Kier alpha value is -0.740. The van der Waals surface area contributed by atoms with Gasteiger partial charge in [-0.2, -0.15) is 0 Å². The fourth-order valence-electron chi connectivity index (χ4n) is 2.56. The number of hydrogen-bond acceptors (Lipinski definition) is 2. The highest BCUT2D eigenvalue weighted by atomic mass is 35.5. The summed E-state index contributed by atoms with van der Waals surface area (Å²) in [6.45, 7) is 1.98. The molecule has 19 heavy (non-hydrogen) atoms. The lowest BCUT2D eigenvalue weighted by atomic mass is 9.99. The van der Waals surface area contributed by atoms with Crippen molar-refractivity contribution >= 4 is 27.3 Å². The number of para-hydroxylation sites is 1. The van der Waals surface area contributed by atoms with Crippen molar-refractivity contribution < 1.29 is 8.42 Å². The summed E-state index contributed by atoms with van der Waals surface area (Å²) >= 11 is 5.62. The van der Waals surface area contributed by atoms with Gasteiger partial charge in [-0.3, -0.25) is 4.31 Å². The van der Waals surface area contributed by atoms with Crippen LogP contribution in [0.15, 0.2) is 24.3 Å². The molecule has 5 heteroatoms. The number of benzene rings is 1. The zero-order chi connectivity index (χ0) is 13.9. The summed E-state index contributed by atoms with van der Waals surface area (Å²) in [5.41, 5.74) is 1.98. The van der Waals surface area contributed by atoms with Crippen LogP contribution in [0.5, 0.6) is 0 Å². The van der Waals surface area contributed by atoms with E-state index in [9.17, 15) is 8.42 Å². The van der Waals surface area contributed by atoms with Crippen LogP contribution in [0.4, 0.5) is 5.69 Å².